The summed E-state index contributed by atoms with van der Waals surface area (Å²) in [5.74, 6) is -0.364. The molecule has 0 aromatic carbocycles. The Morgan fingerprint density at radius 1 is 1.23 bits per heavy atom. The number of furan rings is 1. The molecule has 2 heterocycles. The van der Waals surface area contributed by atoms with E-state index in [1.165, 1.54) is 10.5 Å². The van der Waals surface area contributed by atoms with E-state index >= 15 is 0 Å². The molecule has 0 unspecified atom stereocenters. The van der Waals surface area contributed by atoms with Crippen molar-refractivity contribution in [2.75, 3.05) is 13.6 Å². The first-order chi connectivity index (χ1) is 10.5. The van der Waals surface area contributed by atoms with E-state index < -0.39 is 5.97 Å². The molecule has 1 N–H and O–H groups in total. The molecule has 1 amide bonds. The van der Waals surface area contributed by atoms with Crippen molar-refractivity contribution >= 4 is 11.9 Å². The van der Waals surface area contributed by atoms with Gasteiger partial charge in [-0.25, -0.2) is 0 Å². The Labute approximate surface area is 128 Å². The number of amides is 1. The summed E-state index contributed by atoms with van der Waals surface area (Å²) >= 11 is 0. The number of aliphatic carboxylic acids is 1. The highest BCUT2D eigenvalue weighted by molar-refractivity contribution is 5.91. The van der Waals surface area contributed by atoms with Crippen LogP contribution < -0.4 is 4.57 Å². The largest absolute Gasteiger partial charge is 0.481 e. The number of carboxylic acid groups (broad SMARTS) is 1. The summed E-state index contributed by atoms with van der Waals surface area (Å²) in [7, 11) is 1.56. The molecule has 2 aromatic heterocycles. The minimum absolute atomic E-state index is 0.0883. The summed E-state index contributed by atoms with van der Waals surface area (Å²) < 4.78 is 7.50. The Bertz CT molecular complexity index is 661. The van der Waals surface area contributed by atoms with Crippen LogP contribution >= 0.6 is 0 Å². The van der Waals surface area contributed by atoms with Crippen LogP contribution in [0.15, 0.2) is 41.1 Å². The number of aromatic nitrogens is 1. The topological polar surface area (TPSA) is 74.6 Å². The lowest BCUT2D eigenvalue weighted by Gasteiger charge is -2.13. The smallest absolute Gasteiger partial charge is 0.305 e. The molecule has 0 saturated carbocycles. The summed E-state index contributed by atoms with van der Waals surface area (Å²) in [5.41, 5.74) is 1.17. The summed E-state index contributed by atoms with van der Waals surface area (Å²) in [6.45, 7) is 2.70. The highest BCUT2D eigenvalue weighted by Gasteiger charge is 2.17. The van der Waals surface area contributed by atoms with E-state index in [2.05, 4.69) is 0 Å². The lowest BCUT2D eigenvalue weighted by molar-refractivity contribution is -0.690. The number of nitrogens with zero attached hydrogens (tertiary/aromatic N) is 2. The summed E-state index contributed by atoms with van der Waals surface area (Å²) in [6.07, 6.45) is 3.80. The lowest BCUT2D eigenvalue weighted by atomic mass is 10.3. The number of pyridine rings is 1. The normalized spacial score (nSPS) is 10.5. The number of hydrogen-bond donors (Lipinski definition) is 1. The number of hydrogen-bond acceptors (Lipinski definition) is 3. The standard InChI is InChI=1S/C16H18N2O4/c1-12-5-9-18(10-6-12)11-13-3-4-14(22-13)16(21)17(2)8-7-15(19)20/h3-6,9-10H,7-8,11H2,1-2H3/p+1. The van der Waals surface area contributed by atoms with Crippen molar-refractivity contribution in [3.8, 4) is 0 Å². The SMILES string of the molecule is Cc1cc[n+](Cc2ccc(C(=O)N(C)CCC(=O)O)o2)cc1. The van der Waals surface area contributed by atoms with Gasteiger partial charge >= 0.3 is 5.97 Å². The van der Waals surface area contributed by atoms with Crippen LogP contribution in [0.25, 0.3) is 0 Å². The Balaban J connectivity index is 1.99. The van der Waals surface area contributed by atoms with Gasteiger partial charge < -0.3 is 14.4 Å². The molecule has 6 heteroatoms. The average Bonchev–Trinajstić information content (AvgIpc) is 2.94. The summed E-state index contributed by atoms with van der Waals surface area (Å²) in [4.78, 5) is 24.0. The highest BCUT2D eigenvalue weighted by Crippen LogP contribution is 2.10. The minimum Gasteiger partial charge on any atom is -0.481 e. The number of aryl methyl sites for hydroxylation is 1. The quantitative estimate of drug-likeness (QED) is 0.820. The van der Waals surface area contributed by atoms with E-state index in [1.807, 2.05) is 36.0 Å². The van der Waals surface area contributed by atoms with Gasteiger partial charge in [0.15, 0.2) is 23.9 Å². The summed E-state index contributed by atoms with van der Waals surface area (Å²) in [6, 6.07) is 7.36. The molecular formula is C16H19N2O4+. The first-order valence-electron chi connectivity index (χ1n) is 6.97. The van der Waals surface area contributed by atoms with Crippen molar-refractivity contribution in [2.24, 2.45) is 0 Å². The zero-order valence-electron chi connectivity index (χ0n) is 12.7. The maximum atomic E-state index is 12.1. The molecule has 0 saturated heterocycles. The van der Waals surface area contributed by atoms with Gasteiger partial charge in [-0.3, -0.25) is 9.59 Å². The molecule has 0 aliphatic rings. The fourth-order valence-corrected chi connectivity index (χ4v) is 1.95. The van der Waals surface area contributed by atoms with Gasteiger partial charge in [-0.1, -0.05) is 0 Å². The second kappa shape index (κ2) is 6.89. The number of carbonyl (C=O) groups is 2. The van der Waals surface area contributed by atoms with Crippen LogP contribution in [0.3, 0.4) is 0 Å². The Morgan fingerprint density at radius 2 is 1.91 bits per heavy atom. The predicted octanol–water partition coefficient (Wildman–Crippen LogP) is 1.47. The number of carbonyl (C=O) groups excluding carboxylic acids is 1. The molecule has 0 aliphatic heterocycles. The van der Waals surface area contributed by atoms with Gasteiger partial charge in [-0.05, 0) is 24.6 Å². The van der Waals surface area contributed by atoms with Crippen molar-refractivity contribution in [3.05, 3.63) is 53.7 Å². The van der Waals surface area contributed by atoms with Crippen molar-refractivity contribution < 1.29 is 23.7 Å². The van der Waals surface area contributed by atoms with E-state index in [9.17, 15) is 9.59 Å². The van der Waals surface area contributed by atoms with Crippen LogP contribution in [0.5, 0.6) is 0 Å². The predicted molar refractivity (Wildman–Crippen MR) is 78.4 cm³/mol. The maximum absolute atomic E-state index is 12.1. The van der Waals surface area contributed by atoms with Crippen molar-refractivity contribution in [1.82, 2.24) is 4.90 Å². The van der Waals surface area contributed by atoms with Crippen LogP contribution in [0, 0.1) is 6.92 Å². The Kier molecular flexibility index (Phi) is 4.93. The molecule has 22 heavy (non-hydrogen) atoms. The average molecular weight is 303 g/mol. The summed E-state index contributed by atoms with van der Waals surface area (Å²) in [5, 5.41) is 8.64. The van der Waals surface area contributed by atoms with E-state index in [4.69, 9.17) is 9.52 Å². The maximum Gasteiger partial charge on any atom is 0.305 e. The molecule has 2 aromatic rings. The monoisotopic (exact) mass is 303 g/mol. The minimum atomic E-state index is -0.935. The zero-order valence-corrected chi connectivity index (χ0v) is 12.7. The molecule has 0 atom stereocenters. The van der Waals surface area contributed by atoms with Crippen molar-refractivity contribution in [3.63, 3.8) is 0 Å². The van der Waals surface area contributed by atoms with Crippen LogP contribution in [0.2, 0.25) is 0 Å². The van der Waals surface area contributed by atoms with Gasteiger partial charge in [0.25, 0.3) is 5.91 Å². The number of carboxylic acids is 1. The second-order valence-corrected chi connectivity index (χ2v) is 5.18. The van der Waals surface area contributed by atoms with Crippen LogP contribution in [0.1, 0.15) is 28.3 Å². The van der Waals surface area contributed by atoms with E-state index in [0.717, 1.165) is 0 Å². The fraction of sp³-hybridized carbons (Fsp3) is 0.312. The van der Waals surface area contributed by atoms with Gasteiger partial charge in [0.05, 0.1) is 6.42 Å². The first-order valence-corrected chi connectivity index (χ1v) is 6.97. The molecular weight excluding hydrogens is 284 g/mol. The lowest BCUT2D eigenvalue weighted by Crippen LogP contribution is -2.33. The third kappa shape index (κ3) is 4.18. The van der Waals surface area contributed by atoms with E-state index in [1.54, 1.807) is 19.2 Å². The Hall–Kier alpha value is -2.63. The molecule has 0 bridgehead atoms. The van der Waals surface area contributed by atoms with Gasteiger partial charge in [0.2, 0.25) is 6.54 Å². The third-order valence-corrected chi connectivity index (χ3v) is 3.28. The van der Waals surface area contributed by atoms with Gasteiger partial charge in [0.1, 0.15) is 0 Å². The Morgan fingerprint density at radius 3 is 2.55 bits per heavy atom. The highest BCUT2D eigenvalue weighted by atomic mass is 16.4. The fourth-order valence-electron chi connectivity index (χ4n) is 1.95. The zero-order chi connectivity index (χ0) is 16.1. The molecule has 0 aliphatic carbocycles. The van der Waals surface area contributed by atoms with E-state index in [0.29, 0.717) is 12.3 Å². The van der Waals surface area contributed by atoms with Crippen molar-refractivity contribution in [2.45, 2.75) is 19.9 Å². The molecule has 0 spiro atoms. The second-order valence-electron chi connectivity index (χ2n) is 5.18. The molecule has 0 radical (unpaired) electrons. The van der Waals surface area contributed by atoms with Crippen molar-refractivity contribution in [1.29, 1.82) is 0 Å². The van der Waals surface area contributed by atoms with Crippen LogP contribution in [0.4, 0.5) is 0 Å². The first kappa shape index (κ1) is 15.8. The number of rotatable bonds is 6. The molecule has 6 nitrogen and oxygen atoms in total. The molecule has 116 valence electrons. The molecule has 2 rings (SSSR count). The van der Waals surface area contributed by atoms with Crippen LogP contribution in [-0.2, 0) is 11.3 Å². The van der Waals surface area contributed by atoms with Gasteiger partial charge in [0, 0.05) is 25.7 Å². The third-order valence-electron chi connectivity index (χ3n) is 3.28. The van der Waals surface area contributed by atoms with Gasteiger partial charge in [-0.15, -0.1) is 0 Å². The van der Waals surface area contributed by atoms with Gasteiger partial charge in [-0.2, -0.15) is 4.57 Å². The van der Waals surface area contributed by atoms with E-state index in [-0.39, 0.29) is 24.6 Å². The van der Waals surface area contributed by atoms with Crippen LogP contribution in [-0.4, -0.2) is 35.5 Å². The molecule has 0 fully saturated rings.